The van der Waals surface area contributed by atoms with Gasteiger partial charge < -0.3 is 16.0 Å². The fraction of sp³-hybridized carbons (Fsp3) is 0.417. The second kappa shape index (κ2) is 3.98. The van der Waals surface area contributed by atoms with Gasteiger partial charge in [0.1, 0.15) is 11.3 Å². The van der Waals surface area contributed by atoms with Crippen LogP contribution in [0.15, 0.2) is 18.2 Å². The van der Waals surface area contributed by atoms with E-state index in [1.165, 1.54) is 0 Å². The van der Waals surface area contributed by atoms with E-state index in [1.807, 2.05) is 18.2 Å². The average Bonchev–Trinajstić information content (AvgIpc) is 2.76. The van der Waals surface area contributed by atoms with Crippen LogP contribution in [0.3, 0.4) is 0 Å². The third-order valence-corrected chi connectivity index (χ3v) is 3.74. The first-order chi connectivity index (χ1) is 8.19. The molecule has 2 aromatic rings. The Morgan fingerprint density at radius 3 is 2.76 bits per heavy atom. The van der Waals surface area contributed by atoms with Gasteiger partial charge in [-0.05, 0) is 38.1 Å². The van der Waals surface area contributed by atoms with E-state index in [1.54, 1.807) is 0 Å². The second-order valence-corrected chi connectivity index (χ2v) is 5.03. The minimum absolute atomic E-state index is 0.354. The number of hydrogen-bond donors (Lipinski definition) is 3. The number of imidazole rings is 1. The molecule has 1 aromatic heterocycles. The molecule has 1 fully saturated rings. The molecule has 0 saturated carbocycles. The monoisotopic (exact) mass is 250 g/mol. The molecule has 1 saturated heterocycles. The Bertz CT molecular complexity index is 542. The molecule has 1 aliphatic heterocycles. The van der Waals surface area contributed by atoms with Gasteiger partial charge in [-0.3, -0.25) is 0 Å². The fourth-order valence-corrected chi connectivity index (χ4v) is 2.56. The van der Waals surface area contributed by atoms with Crippen molar-refractivity contribution >= 4 is 22.6 Å². The van der Waals surface area contributed by atoms with Gasteiger partial charge in [0.05, 0.1) is 16.1 Å². The highest BCUT2D eigenvalue weighted by atomic mass is 35.5. The number of nitrogens with two attached hydrogens (primary N) is 1. The summed E-state index contributed by atoms with van der Waals surface area (Å²) < 4.78 is 0. The highest BCUT2D eigenvalue weighted by molar-refractivity contribution is 6.34. The Kier molecular flexibility index (Phi) is 2.58. The van der Waals surface area contributed by atoms with E-state index >= 15 is 0 Å². The number of piperidine rings is 1. The standard InChI is InChI=1S/C12H15ClN4/c13-8-2-1-3-9-10(8)17-11(16-9)12(14)4-6-15-7-5-12/h1-3,15H,4-7,14H2,(H,16,17). The summed E-state index contributed by atoms with van der Waals surface area (Å²) in [5.74, 6) is 0.849. The Hall–Kier alpha value is -1.10. The van der Waals surface area contributed by atoms with Crippen molar-refractivity contribution in [2.24, 2.45) is 5.73 Å². The normalized spacial score (nSPS) is 19.6. The number of fused-ring (bicyclic) bond motifs is 1. The zero-order chi connectivity index (χ0) is 11.9. The number of nitrogens with one attached hydrogen (secondary N) is 2. The zero-order valence-electron chi connectivity index (χ0n) is 9.46. The molecule has 2 heterocycles. The molecule has 4 N–H and O–H groups in total. The lowest BCUT2D eigenvalue weighted by Gasteiger charge is -2.31. The first-order valence-corrected chi connectivity index (χ1v) is 6.21. The van der Waals surface area contributed by atoms with Crippen LogP contribution in [-0.2, 0) is 5.54 Å². The van der Waals surface area contributed by atoms with E-state index in [0.29, 0.717) is 5.02 Å². The number of hydrogen-bond acceptors (Lipinski definition) is 3. The lowest BCUT2D eigenvalue weighted by Crippen LogP contribution is -2.47. The van der Waals surface area contributed by atoms with Crippen LogP contribution in [0.5, 0.6) is 0 Å². The summed E-state index contributed by atoms with van der Waals surface area (Å²) in [5.41, 5.74) is 7.83. The average molecular weight is 251 g/mol. The van der Waals surface area contributed by atoms with Crippen molar-refractivity contribution in [2.75, 3.05) is 13.1 Å². The lowest BCUT2D eigenvalue weighted by atomic mass is 9.89. The maximum Gasteiger partial charge on any atom is 0.127 e. The summed E-state index contributed by atoms with van der Waals surface area (Å²) in [6, 6.07) is 5.74. The number of aromatic nitrogens is 2. The van der Waals surface area contributed by atoms with Crippen molar-refractivity contribution in [2.45, 2.75) is 18.4 Å². The number of para-hydroxylation sites is 1. The van der Waals surface area contributed by atoms with E-state index in [0.717, 1.165) is 42.8 Å². The van der Waals surface area contributed by atoms with Crippen molar-refractivity contribution in [1.82, 2.24) is 15.3 Å². The van der Waals surface area contributed by atoms with Crippen molar-refractivity contribution in [3.63, 3.8) is 0 Å². The first-order valence-electron chi connectivity index (χ1n) is 5.83. The molecule has 1 aromatic carbocycles. The van der Waals surface area contributed by atoms with Crippen LogP contribution < -0.4 is 11.1 Å². The van der Waals surface area contributed by atoms with Gasteiger partial charge in [0.2, 0.25) is 0 Å². The molecule has 90 valence electrons. The first kappa shape index (κ1) is 11.0. The Morgan fingerprint density at radius 1 is 1.29 bits per heavy atom. The van der Waals surface area contributed by atoms with Gasteiger partial charge in [-0.15, -0.1) is 0 Å². The van der Waals surface area contributed by atoms with Crippen LogP contribution in [0.25, 0.3) is 11.0 Å². The molecule has 17 heavy (non-hydrogen) atoms. The van der Waals surface area contributed by atoms with E-state index in [4.69, 9.17) is 17.3 Å². The minimum Gasteiger partial charge on any atom is -0.340 e. The maximum absolute atomic E-state index is 6.42. The van der Waals surface area contributed by atoms with Gasteiger partial charge in [-0.25, -0.2) is 4.98 Å². The predicted octanol–water partition coefficient (Wildman–Crippen LogP) is 1.75. The summed E-state index contributed by atoms with van der Waals surface area (Å²) in [7, 11) is 0. The van der Waals surface area contributed by atoms with Gasteiger partial charge in [0.25, 0.3) is 0 Å². The number of aromatic amines is 1. The van der Waals surface area contributed by atoms with Crippen LogP contribution in [-0.4, -0.2) is 23.1 Å². The van der Waals surface area contributed by atoms with Crippen molar-refractivity contribution in [3.05, 3.63) is 29.0 Å². The van der Waals surface area contributed by atoms with Gasteiger partial charge in [-0.1, -0.05) is 17.7 Å². The molecule has 0 bridgehead atoms. The Balaban J connectivity index is 2.08. The molecule has 0 unspecified atom stereocenters. The summed E-state index contributed by atoms with van der Waals surface area (Å²) in [6.45, 7) is 1.86. The summed E-state index contributed by atoms with van der Waals surface area (Å²) >= 11 is 6.12. The van der Waals surface area contributed by atoms with Crippen LogP contribution in [0.1, 0.15) is 18.7 Å². The Labute approximate surface area is 105 Å². The molecule has 0 amide bonds. The third-order valence-electron chi connectivity index (χ3n) is 3.43. The highest BCUT2D eigenvalue weighted by Gasteiger charge is 2.32. The molecular weight excluding hydrogens is 236 g/mol. The van der Waals surface area contributed by atoms with E-state index < -0.39 is 0 Å². The number of benzene rings is 1. The summed E-state index contributed by atoms with van der Waals surface area (Å²) in [5, 5.41) is 3.98. The third kappa shape index (κ3) is 1.82. The minimum atomic E-state index is -0.354. The molecule has 0 atom stereocenters. The molecular formula is C12H15ClN4. The topological polar surface area (TPSA) is 66.7 Å². The van der Waals surface area contributed by atoms with Gasteiger partial charge in [-0.2, -0.15) is 0 Å². The lowest BCUT2D eigenvalue weighted by molar-refractivity contribution is 0.304. The number of nitrogens with zero attached hydrogens (tertiary/aromatic N) is 1. The molecule has 5 heteroatoms. The number of rotatable bonds is 1. The van der Waals surface area contributed by atoms with Gasteiger partial charge in [0.15, 0.2) is 0 Å². The van der Waals surface area contributed by atoms with Crippen LogP contribution in [0.2, 0.25) is 5.02 Å². The second-order valence-electron chi connectivity index (χ2n) is 4.63. The molecule has 0 aliphatic carbocycles. The van der Waals surface area contributed by atoms with Crippen LogP contribution >= 0.6 is 11.6 Å². The quantitative estimate of drug-likeness (QED) is 0.723. The van der Waals surface area contributed by atoms with E-state index in [2.05, 4.69) is 15.3 Å². The zero-order valence-corrected chi connectivity index (χ0v) is 10.2. The van der Waals surface area contributed by atoms with Crippen molar-refractivity contribution in [3.8, 4) is 0 Å². The van der Waals surface area contributed by atoms with Crippen molar-refractivity contribution < 1.29 is 0 Å². The predicted molar refractivity (Wildman–Crippen MR) is 69.1 cm³/mol. The molecule has 1 aliphatic rings. The van der Waals surface area contributed by atoms with Crippen LogP contribution in [0, 0.1) is 0 Å². The number of halogens is 1. The molecule has 0 radical (unpaired) electrons. The van der Waals surface area contributed by atoms with E-state index in [9.17, 15) is 0 Å². The number of H-pyrrole nitrogens is 1. The SMILES string of the molecule is NC1(c2nc3c(Cl)cccc3[nH]2)CCNCC1. The van der Waals surface area contributed by atoms with Crippen molar-refractivity contribution in [1.29, 1.82) is 0 Å². The molecule has 4 nitrogen and oxygen atoms in total. The van der Waals surface area contributed by atoms with Gasteiger partial charge >= 0.3 is 0 Å². The maximum atomic E-state index is 6.42. The van der Waals surface area contributed by atoms with E-state index in [-0.39, 0.29) is 5.54 Å². The van der Waals surface area contributed by atoms with Crippen LogP contribution in [0.4, 0.5) is 0 Å². The molecule has 0 spiro atoms. The fourth-order valence-electron chi connectivity index (χ4n) is 2.34. The van der Waals surface area contributed by atoms with Gasteiger partial charge in [0, 0.05) is 0 Å². The largest absolute Gasteiger partial charge is 0.340 e. The smallest absolute Gasteiger partial charge is 0.127 e. The highest BCUT2D eigenvalue weighted by Crippen LogP contribution is 2.29. The summed E-state index contributed by atoms with van der Waals surface area (Å²) in [4.78, 5) is 7.87. The summed E-state index contributed by atoms with van der Waals surface area (Å²) in [6.07, 6.45) is 1.79. The Morgan fingerprint density at radius 2 is 2.06 bits per heavy atom. The molecule has 3 rings (SSSR count).